The molecule has 3 heterocycles. The van der Waals surface area contributed by atoms with Crippen molar-refractivity contribution in [3.63, 3.8) is 0 Å². The van der Waals surface area contributed by atoms with Crippen LogP contribution in [0.15, 0.2) is 18.5 Å². The summed E-state index contributed by atoms with van der Waals surface area (Å²) < 4.78 is 1.60. The van der Waals surface area contributed by atoms with E-state index in [-0.39, 0.29) is 17.9 Å². The van der Waals surface area contributed by atoms with Gasteiger partial charge in [0.05, 0.1) is 17.9 Å². The number of aromatic amines is 1. The van der Waals surface area contributed by atoms with E-state index in [4.69, 9.17) is 5.41 Å². The van der Waals surface area contributed by atoms with E-state index in [0.29, 0.717) is 23.2 Å². The van der Waals surface area contributed by atoms with Gasteiger partial charge in [-0.3, -0.25) is 14.3 Å². The second kappa shape index (κ2) is 23.5. The van der Waals surface area contributed by atoms with Crippen molar-refractivity contribution in [2.24, 2.45) is 18.9 Å². The Kier molecular flexibility index (Phi) is 22.7. The zero-order chi connectivity index (χ0) is 31.1. The van der Waals surface area contributed by atoms with Crippen molar-refractivity contribution in [3.05, 3.63) is 35.7 Å². The number of hydrogen-bond acceptors (Lipinski definition) is 5. The second-order valence-electron chi connectivity index (χ2n) is 9.56. The Morgan fingerprint density at radius 3 is 2.10 bits per heavy atom. The average Bonchev–Trinajstić information content (AvgIpc) is 3.60. The van der Waals surface area contributed by atoms with Gasteiger partial charge in [0.1, 0.15) is 11.5 Å². The lowest BCUT2D eigenvalue weighted by Gasteiger charge is -2.30. The van der Waals surface area contributed by atoms with Gasteiger partial charge in [0, 0.05) is 31.9 Å². The first-order valence-corrected chi connectivity index (χ1v) is 14.6. The lowest BCUT2D eigenvalue weighted by molar-refractivity contribution is -0.122. The van der Waals surface area contributed by atoms with Gasteiger partial charge < -0.3 is 21.0 Å². The summed E-state index contributed by atoms with van der Waals surface area (Å²) >= 11 is 0. The van der Waals surface area contributed by atoms with Gasteiger partial charge in [-0.25, -0.2) is 4.98 Å². The van der Waals surface area contributed by atoms with E-state index in [1.165, 1.54) is 19.3 Å². The van der Waals surface area contributed by atoms with Crippen molar-refractivity contribution < 1.29 is 9.59 Å². The maximum Gasteiger partial charge on any atom is 0.270 e. The van der Waals surface area contributed by atoms with E-state index in [2.05, 4.69) is 45.5 Å². The van der Waals surface area contributed by atoms with Crippen LogP contribution in [0.3, 0.4) is 0 Å². The molecule has 1 aliphatic heterocycles. The van der Waals surface area contributed by atoms with Crippen LogP contribution in [0.5, 0.6) is 0 Å². The third-order valence-electron chi connectivity index (χ3n) is 6.03. The number of rotatable bonds is 4. The number of H-pyrrole nitrogens is 1. The first kappa shape index (κ1) is 38.7. The maximum atomic E-state index is 12.6. The zero-order valence-electron chi connectivity index (χ0n) is 26.4. The Labute approximate surface area is 243 Å². The fourth-order valence-corrected chi connectivity index (χ4v) is 4.18. The fourth-order valence-electron chi connectivity index (χ4n) is 4.18. The van der Waals surface area contributed by atoms with E-state index in [1.54, 1.807) is 37.8 Å². The molecule has 1 saturated carbocycles. The van der Waals surface area contributed by atoms with Crippen LogP contribution in [0, 0.1) is 37.0 Å². The molecule has 0 spiro atoms. The average molecular weight is 558 g/mol. The molecule has 0 bridgehead atoms. The molecule has 4 rings (SSSR count). The number of terminal acetylenes is 1. The van der Waals surface area contributed by atoms with Gasteiger partial charge in [-0.1, -0.05) is 53.9 Å². The molecule has 226 valence electrons. The number of carbonyl (C=O) groups excluding carboxylic acids is 2. The highest BCUT2D eigenvalue weighted by molar-refractivity contribution is 5.92. The van der Waals surface area contributed by atoms with Crippen molar-refractivity contribution in [2.45, 2.75) is 106 Å². The number of nitrogens with zero attached hydrogens (tertiary/aromatic N) is 3. The molecule has 0 aromatic carbocycles. The minimum absolute atomic E-state index is 0.0103. The number of aryl methyl sites for hydroxylation is 2. The highest BCUT2D eigenvalue weighted by Gasteiger charge is 2.28. The molecule has 2 aromatic heterocycles. The summed E-state index contributed by atoms with van der Waals surface area (Å²) in [4.78, 5) is 30.6. The van der Waals surface area contributed by atoms with Crippen LogP contribution in [0.1, 0.15) is 121 Å². The topological polar surface area (TPSA) is 129 Å². The standard InChI is InChI=1S/C16H23N5O.C6H11NO.C3H7N.2C2H6.C2H2/c1-11-17-10-13(19-11)15(12-6-4-3-5-7-12)20-16(22)14-8-9-18-21(14)2;1-5-2-3-6(8)7-4-5;1-3(2)4;3*1-2/h8-10,12,15H,3-7H2,1-2H3,(H,17,19)(H,20,22);5H,2-4H2,1H3,(H,7,8);4H,1-2H3;2*1-2H3;1-2H. The SMILES string of the molecule is C#C.CC.CC.CC(C)=N.CC1CCC(=O)NC1.Cc1ncc(C(NC(=O)c2ccnn2C)C2CCCCC2)[nH]1. The van der Waals surface area contributed by atoms with Crippen molar-refractivity contribution in [1.29, 1.82) is 5.41 Å². The van der Waals surface area contributed by atoms with Gasteiger partial charge in [-0.15, -0.1) is 12.8 Å². The van der Waals surface area contributed by atoms with Crippen LogP contribution in [0.2, 0.25) is 0 Å². The molecule has 9 nitrogen and oxygen atoms in total. The number of carbonyl (C=O) groups is 2. The number of hydrogen-bond donors (Lipinski definition) is 4. The summed E-state index contributed by atoms with van der Waals surface area (Å²) in [6.07, 6.45) is 19.3. The van der Waals surface area contributed by atoms with E-state index in [0.717, 1.165) is 43.7 Å². The lowest BCUT2D eigenvalue weighted by Crippen LogP contribution is -2.35. The summed E-state index contributed by atoms with van der Waals surface area (Å²) in [6, 6.07) is 1.73. The first-order chi connectivity index (χ1) is 19.2. The summed E-state index contributed by atoms with van der Waals surface area (Å²) in [7, 11) is 1.78. The molecule has 2 aliphatic rings. The Morgan fingerprint density at radius 2 is 1.70 bits per heavy atom. The monoisotopic (exact) mass is 557 g/mol. The van der Waals surface area contributed by atoms with Crippen LogP contribution >= 0.6 is 0 Å². The van der Waals surface area contributed by atoms with Crippen LogP contribution < -0.4 is 10.6 Å². The summed E-state index contributed by atoms with van der Waals surface area (Å²) in [5, 5.41) is 16.6. The third kappa shape index (κ3) is 15.9. The molecule has 1 saturated heterocycles. The highest BCUT2D eigenvalue weighted by Crippen LogP contribution is 2.34. The Balaban J connectivity index is 0. The van der Waals surface area contributed by atoms with Gasteiger partial charge >= 0.3 is 0 Å². The zero-order valence-corrected chi connectivity index (χ0v) is 26.4. The van der Waals surface area contributed by atoms with E-state index in [9.17, 15) is 9.59 Å². The molecule has 40 heavy (non-hydrogen) atoms. The van der Waals surface area contributed by atoms with E-state index < -0.39 is 0 Å². The van der Waals surface area contributed by atoms with E-state index >= 15 is 0 Å². The first-order valence-electron chi connectivity index (χ1n) is 14.6. The number of piperidine rings is 1. The second-order valence-corrected chi connectivity index (χ2v) is 9.56. The van der Waals surface area contributed by atoms with Gasteiger partial charge in [-0.2, -0.15) is 5.10 Å². The van der Waals surface area contributed by atoms with Crippen molar-refractivity contribution >= 4 is 17.5 Å². The molecule has 2 amide bonds. The molecule has 0 radical (unpaired) electrons. The lowest BCUT2D eigenvalue weighted by atomic mass is 9.82. The van der Waals surface area contributed by atoms with E-state index in [1.807, 2.05) is 40.8 Å². The van der Waals surface area contributed by atoms with Gasteiger partial charge in [0.15, 0.2) is 0 Å². The van der Waals surface area contributed by atoms with Crippen molar-refractivity contribution in [2.75, 3.05) is 6.54 Å². The summed E-state index contributed by atoms with van der Waals surface area (Å²) in [6.45, 7) is 16.5. The quantitative estimate of drug-likeness (QED) is 0.257. The Bertz CT molecular complexity index is 957. The van der Waals surface area contributed by atoms with Gasteiger partial charge in [-0.05, 0) is 57.9 Å². The molecule has 1 aliphatic carbocycles. The molecule has 4 N–H and O–H groups in total. The molecular weight excluding hydrogens is 502 g/mol. The van der Waals surface area contributed by atoms with Gasteiger partial charge in [0.2, 0.25) is 5.91 Å². The molecule has 9 heteroatoms. The fraction of sp³-hybridized carbons (Fsp3) is 0.645. The Morgan fingerprint density at radius 1 is 1.12 bits per heavy atom. The molecular formula is C31H55N7O2. The number of aromatic nitrogens is 4. The van der Waals surface area contributed by atoms with Gasteiger partial charge in [0.25, 0.3) is 5.91 Å². The minimum atomic E-state index is -0.0807. The van der Waals surface area contributed by atoms with Crippen LogP contribution in [-0.2, 0) is 11.8 Å². The van der Waals surface area contributed by atoms with Crippen LogP contribution in [-0.4, -0.2) is 43.8 Å². The number of imidazole rings is 1. The predicted octanol–water partition coefficient (Wildman–Crippen LogP) is 6.38. The summed E-state index contributed by atoms with van der Waals surface area (Å²) in [5.41, 5.74) is 2.25. The van der Waals surface area contributed by atoms with Crippen LogP contribution in [0.25, 0.3) is 0 Å². The minimum Gasteiger partial charge on any atom is -0.356 e. The molecule has 2 atom stereocenters. The maximum absolute atomic E-state index is 12.6. The molecule has 2 unspecified atom stereocenters. The highest BCUT2D eigenvalue weighted by atomic mass is 16.2. The normalized spacial score (nSPS) is 16.5. The largest absolute Gasteiger partial charge is 0.356 e. The third-order valence-corrected chi connectivity index (χ3v) is 6.03. The predicted molar refractivity (Wildman–Crippen MR) is 166 cm³/mol. The summed E-state index contributed by atoms with van der Waals surface area (Å²) in [5.74, 6) is 2.16. The molecule has 2 fully saturated rings. The van der Waals surface area contributed by atoms with Crippen LogP contribution in [0.4, 0.5) is 0 Å². The van der Waals surface area contributed by atoms with Crippen molar-refractivity contribution in [1.82, 2.24) is 30.4 Å². The Hall–Kier alpha value is -3.41. The number of amides is 2. The van der Waals surface area contributed by atoms with Crippen molar-refractivity contribution in [3.8, 4) is 12.8 Å². The number of nitrogens with one attached hydrogen (secondary N) is 4. The molecule has 2 aromatic rings. The smallest absolute Gasteiger partial charge is 0.270 e.